The molecule has 0 aliphatic carbocycles. The third-order valence-electron chi connectivity index (χ3n) is 4.96. The Bertz CT molecular complexity index is 732. The molecule has 0 bridgehead atoms. The van der Waals surface area contributed by atoms with Gasteiger partial charge in [0, 0.05) is 36.8 Å². The molecule has 5 nitrogen and oxygen atoms in total. The molecule has 2 aromatic rings. The van der Waals surface area contributed by atoms with E-state index in [1.165, 1.54) is 5.56 Å². The molecule has 25 heavy (non-hydrogen) atoms. The largest absolute Gasteiger partial charge is 0.497 e. The van der Waals surface area contributed by atoms with Gasteiger partial charge in [0.2, 0.25) is 0 Å². The fourth-order valence-electron chi connectivity index (χ4n) is 3.70. The van der Waals surface area contributed by atoms with E-state index in [-0.39, 0.29) is 6.04 Å². The van der Waals surface area contributed by atoms with E-state index in [9.17, 15) is 0 Å². The van der Waals surface area contributed by atoms with Crippen molar-refractivity contribution in [2.45, 2.75) is 18.4 Å². The SMILES string of the molecule is COc1ccc(C2CC(N)CN(c3ccc4c(c3)OCCO4)C2)cc1. The van der Waals surface area contributed by atoms with Crippen LogP contribution in [-0.2, 0) is 0 Å². The Hall–Kier alpha value is -2.40. The molecule has 2 aromatic carbocycles. The average Bonchev–Trinajstić information content (AvgIpc) is 2.67. The van der Waals surface area contributed by atoms with Gasteiger partial charge in [-0.2, -0.15) is 0 Å². The lowest BCUT2D eigenvalue weighted by Gasteiger charge is -2.38. The van der Waals surface area contributed by atoms with Gasteiger partial charge >= 0.3 is 0 Å². The lowest BCUT2D eigenvalue weighted by molar-refractivity contribution is 0.171. The maximum atomic E-state index is 6.36. The standard InChI is InChI=1S/C20H24N2O3/c1-23-18-5-2-14(3-6-18)15-10-16(21)13-22(12-15)17-4-7-19-20(11-17)25-9-8-24-19/h2-7,11,15-16H,8-10,12-13,21H2,1H3. The number of anilines is 1. The van der Waals surface area contributed by atoms with Crippen LogP contribution in [0.3, 0.4) is 0 Å². The second-order valence-corrected chi connectivity index (χ2v) is 6.70. The van der Waals surface area contributed by atoms with Crippen molar-refractivity contribution in [2.24, 2.45) is 5.73 Å². The summed E-state index contributed by atoms with van der Waals surface area (Å²) < 4.78 is 16.6. The molecule has 0 aromatic heterocycles. The monoisotopic (exact) mass is 340 g/mol. The quantitative estimate of drug-likeness (QED) is 0.931. The average molecular weight is 340 g/mol. The summed E-state index contributed by atoms with van der Waals surface area (Å²) in [7, 11) is 1.69. The van der Waals surface area contributed by atoms with Crippen molar-refractivity contribution in [1.29, 1.82) is 0 Å². The summed E-state index contributed by atoms with van der Waals surface area (Å²) in [5.41, 5.74) is 8.80. The molecule has 2 unspecified atom stereocenters. The van der Waals surface area contributed by atoms with Gasteiger partial charge in [0.1, 0.15) is 19.0 Å². The van der Waals surface area contributed by atoms with Crippen LogP contribution < -0.4 is 24.8 Å². The van der Waals surface area contributed by atoms with Crippen LogP contribution in [0.5, 0.6) is 17.2 Å². The minimum absolute atomic E-state index is 0.147. The molecule has 2 atom stereocenters. The van der Waals surface area contributed by atoms with Gasteiger partial charge < -0.3 is 24.8 Å². The molecule has 0 radical (unpaired) electrons. The fraction of sp³-hybridized carbons (Fsp3) is 0.400. The van der Waals surface area contributed by atoms with Crippen LogP contribution >= 0.6 is 0 Å². The van der Waals surface area contributed by atoms with E-state index in [4.69, 9.17) is 19.9 Å². The summed E-state index contributed by atoms with van der Waals surface area (Å²) in [6.07, 6.45) is 0.993. The lowest BCUT2D eigenvalue weighted by Crippen LogP contribution is -2.46. The van der Waals surface area contributed by atoms with E-state index in [0.29, 0.717) is 19.1 Å². The number of nitrogens with two attached hydrogens (primary N) is 1. The second kappa shape index (κ2) is 6.84. The van der Waals surface area contributed by atoms with Crippen LogP contribution in [0, 0.1) is 0 Å². The first-order valence-electron chi connectivity index (χ1n) is 8.77. The van der Waals surface area contributed by atoms with E-state index in [2.05, 4.69) is 29.2 Å². The van der Waals surface area contributed by atoms with Gasteiger partial charge in [-0.15, -0.1) is 0 Å². The highest BCUT2D eigenvalue weighted by atomic mass is 16.6. The highest BCUT2D eigenvalue weighted by Crippen LogP contribution is 2.36. The summed E-state index contributed by atoms with van der Waals surface area (Å²) in [6, 6.07) is 14.6. The van der Waals surface area contributed by atoms with Crippen LogP contribution in [0.15, 0.2) is 42.5 Å². The first-order valence-corrected chi connectivity index (χ1v) is 8.77. The zero-order valence-electron chi connectivity index (χ0n) is 14.5. The highest BCUT2D eigenvalue weighted by Gasteiger charge is 2.27. The van der Waals surface area contributed by atoms with Gasteiger partial charge in [-0.05, 0) is 36.2 Å². The number of piperidine rings is 1. The molecule has 2 N–H and O–H groups in total. The number of fused-ring (bicyclic) bond motifs is 1. The lowest BCUT2D eigenvalue weighted by atomic mass is 9.88. The normalized spacial score (nSPS) is 22.6. The number of ether oxygens (including phenoxy) is 3. The van der Waals surface area contributed by atoms with Gasteiger partial charge in [0.15, 0.2) is 11.5 Å². The minimum Gasteiger partial charge on any atom is -0.497 e. The van der Waals surface area contributed by atoms with Crippen molar-refractivity contribution in [1.82, 2.24) is 0 Å². The van der Waals surface area contributed by atoms with Crippen molar-refractivity contribution in [2.75, 3.05) is 38.3 Å². The van der Waals surface area contributed by atoms with Crippen molar-refractivity contribution in [3.63, 3.8) is 0 Å². The molecule has 4 rings (SSSR count). The second-order valence-electron chi connectivity index (χ2n) is 6.70. The Morgan fingerprint density at radius 2 is 1.76 bits per heavy atom. The summed E-state index contributed by atoms with van der Waals surface area (Å²) in [6.45, 7) is 3.01. The molecule has 1 saturated heterocycles. The number of hydrogen-bond donors (Lipinski definition) is 1. The molecular weight excluding hydrogens is 316 g/mol. The summed E-state index contributed by atoms with van der Waals surface area (Å²) in [4.78, 5) is 2.35. The molecule has 0 saturated carbocycles. The van der Waals surface area contributed by atoms with Crippen molar-refractivity contribution in [3.8, 4) is 17.2 Å². The number of rotatable bonds is 3. The topological polar surface area (TPSA) is 57.0 Å². The molecule has 0 spiro atoms. The molecule has 2 aliphatic heterocycles. The Morgan fingerprint density at radius 1 is 1.00 bits per heavy atom. The summed E-state index contributed by atoms with van der Waals surface area (Å²) >= 11 is 0. The predicted octanol–water partition coefficient (Wildman–Crippen LogP) is 2.79. The Balaban J connectivity index is 1.55. The predicted molar refractivity (Wildman–Crippen MR) is 98.0 cm³/mol. The Labute approximate surface area is 148 Å². The molecule has 5 heteroatoms. The van der Waals surface area contributed by atoms with Crippen LogP contribution in [0.25, 0.3) is 0 Å². The van der Waals surface area contributed by atoms with Crippen LogP contribution in [0.1, 0.15) is 17.9 Å². The van der Waals surface area contributed by atoms with Crippen molar-refractivity contribution >= 4 is 5.69 Å². The maximum Gasteiger partial charge on any atom is 0.163 e. The zero-order valence-corrected chi connectivity index (χ0v) is 14.5. The van der Waals surface area contributed by atoms with Crippen molar-refractivity contribution < 1.29 is 14.2 Å². The van der Waals surface area contributed by atoms with Gasteiger partial charge in [-0.25, -0.2) is 0 Å². The Kier molecular flexibility index (Phi) is 4.40. The van der Waals surface area contributed by atoms with Gasteiger partial charge in [-0.3, -0.25) is 0 Å². The summed E-state index contributed by atoms with van der Waals surface area (Å²) in [5, 5.41) is 0. The third kappa shape index (κ3) is 3.37. The van der Waals surface area contributed by atoms with Crippen LogP contribution in [-0.4, -0.2) is 39.5 Å². The van der Waals surface area contributed by atoms with E-state index >= 15 is 0 Å². The van der Waals surface area contributed by atoms with Crippen molar-refractivity contribution in [3.05, 3.63) is 48.0 Å². The van der Waals surface area contributed by atoms with E-state index < -0.39 is 0 Å². The van der Waals surface area contributed by atoms with E-state index in [1.54, 1.807) is 7.11 Å². The molecule has 132 valence electrons. The first kappa shape index (κ1) is 16.1. The molecule has 1 fully saturated rings. The van der Waals surface area contributed by atoms with Crippen LogP contribution in [0.2, 0.25) is 0 Å². The number of hydrogen-bond acceptors (Lipinski definition) is 5. The fourth-order valence-corrected chi connectivity index (χ4v) is 3.70. The maximum absolute atomic E-state index is 6.36. The molecule has 0 amide bonds. The molecular formula is C20H24N2O3. The van der Waals surface area contributed by atoms with E-state index in [0.717, 1.165) is 42.4 Å². The molecule has 2 aliphatic rings. The summed E-state index contributed by atoms with van der Waals surface area (Å²) in [5.74, 6) is 2.93. The van der Waals surface area contributed by atoms with Gasteiger partial charge in [0.05, 0.1) is 7.11 Å². The number of methoxy groups -OCH3 is 1. The van der Waals surface area contributed by atoms with E-state index in [1.807, 2.05) is 18.2 Å². The number of benzene rings is 2. The number of nitrogens with zero attached hydrogens (tertiary/aromatic N) is 1. The van der Waals surface area contributed by atoms with Gasteiger partial charge in [0.25, 0.3) is 0 Å². The third-order valence-corrected chi connectivity index (χ3v) is 4.96. The Morgan fingerprint density at radius 3 is 2.52 bits per heavy atom. The van der Waals surface area contributed by atoms with Crippen LogP contribution in [0.4, 0.5) is 5.69 Å². The minimum atomic E-state index is 0.147. The smallest absolute Gasteiger partial charge is 0.163 e. The zero-order chi connectivity index (χ0) is 17.2. The highest BCUT2D eigenvalue weighted by molar-refractivity contribution is 5.57. The first-order chi connectivity index (χ1) is 12.2. The molecule has 2 heterocycles. The van der Waals surface area contributed by atoms with Gasteiger partial charge in [-0.1, -0.05) is 12.1 Å².